The van der Waals surface area contributed by atoms with E-state index in [4.69, 9.17) is 11.6 Å². The molecule has 0 saturated carbocycles. The van der Waals surface area contributed by atoms with Crippen molar-refractivity contribution in [3.05, 3.63) is 29.6 Å². The van der Waals surface area contributed by atoms with Crippen LogP contribution in [0.15, 0.2) is 18.2 Å². The highest BCUT2D eigenvalue weighted by atomic mass is 35.5. The van der Waals surface area contributed by atoms with Gasteiger partial charge in [0.25, 0.3) is 0 Å². The maximum absolute atomic E-state index is 13.0. The van der Waals surface area contributed by atoms with Crippen molar-refractivity contribution in [1.82, 2.24) is 0 Å². The van der Waals surface area contributed by atoms with Crippen molar-refractivity contribution in [2.75, 3.05) is 13.3 Å². The van der Waals surface area contributed by atoms with Gasteiger partial charge in [-0.05, 0) is 37.1 Å². The molecule has 0 aromatic heterocycles. The van der Waals surface area contributed by atoms with E-state index in [9.17, 15) is 8.96 Å². The van der Waals surface area contributed by atoms with E-state index in [1.807, 2.05) is 0 Å². The minimum atomic E-state index is -2.38. The van der Waals surface area contributed by atoms with Gasteiger partial charge >= 0.3 is 0 Å². The van der Waals surface area contributed by atoms with Crippen LogP contribution in [0.2, 0.25) is 0 Å². The van der Waals surface area contributed by atoms with Crippen LogP contribution in [0.4, 0.5) is 4.39 Å². The molecule has 0 radical (unpaired) electrons. The van der Waals surface area contributed by atoms with Gasteiger partial charge in [-0.15, -0.1) is 11.6 Å². The van der Waals surface area contributed by atoms with Crippen molar-refractivity contribution in [3.8, 4) is 0 Å². The second kappa shape index (κ2) is 3.81. The molecule has 0 N–H and O–H groups in total. The molecule has 0 aliphatic rings. The molecule has 0 fully saturated rings. The zero-order chi connectivity index (χ0) is 10.1. The first-order valence-corrected chi connectivity index (χ1v) is 6.98. The summed E-state index contributed by atoms with van der Waals surface area (Å²) in [5.74, 6) is -0.137. The Morgan fingerprint density at radius 2 is 2.00 bits per heavy atom. The molecule has 0 aliphatic heterocycles. The molecule has 0 atom stereocenters. The van der Waals surface area contributed by atoms with Gasteiger partial charge in [-0.1, -0.05) is 0 Å². The van der Waals surface area contributed by atoms with E-state index in [0.717, 1.165) is 0 Å². The summed E-state index contributed by atoms with van der Waals surface area (Å²) in [5.41, 5.74) is 0.667. The molecule has 0 heterocycles. The first-order valence-electron chi connectivity index (χ1n) is 3.84. The van der Waals surface area contributed by atoms with Gasteiger partial charge in [0.1, 0.15) is 13.0 Å². The average molecular weight is 221 g/mol. The molecule has 4 heteroatoms. The second-order valence-corrected chi connectivity index (χ2v) is 6.79. The maximum atomic E-state index is 13.0. The fourth-order valence-corrected chi connectivity index (χ4v) is 2.09. The van der Waals surface area contributed by atoms with Gasteiger partial charge in [0.15, 0.2) is 0 Å². The molecule has 0 spiro atoms. The third kappa shape index (κ3) is 2.82. The molecule has 1 aromatic carbocycles. The van der Waals surface area contributed by atoms with Crippen molar-refractivity contribution >= 4 is 24.0 Å². The smallest absolute Gasteiger partial charge is 0.124 e. The van der Waals surface area contributed by atoms with Crippen LogP contribution in [0.5, 0.6) is 0 Å². The average Bonchev–Trinajstić information content (AvgIpc) is 2.01. The third-order valence-electron chi connectivity index (χ3n) is 1.72. The van der Waals surface area contributed by atoms with Gasteiger partial charge in [-0.3, -0.25) is 0 Å². The predicted molar refractivity (Wildman–Crippen MR) is 55.0 cm³/mol. The van der Waals surface area contributed by atoms with Gasteiger partial charge in [0, 0.05) is 11.2 Å². The van der Waals surface area contributed by atoms with Gasteiger partial charge in [0.2, 0.25) is 0 Å². The molecule has 0 aliphatic carbocycles. The molecular formula is C9H11ClFOP. The van der Waals surface area contributed by atoms with Crippen molar-refractivity contribution in [1.29, 1.82) is 0 Å². The topological polar surface area (TPSA) is 17.1 Å². The minimum absolute atomic E-state index is 0.241. The minimum Gasteiger partial charge on any atom is -0.319 e. The first-order chi connectivity index (χ1) is 5.93. The molecule has 13 heavy (non-hydrogen) atoms. The molecule has 0 bridgehead atoms. The van der Waals surface area contributed by atoms with Crippen LogP contribution in [0.1, 0.15) is 5.56 Å². The highest BCUT2D eigenvalue weighted by Crippen LogP contribution is 2.35. The van der Waals surface area contributed by atoms with E-state index in [0.29, 0.717) is 10.9 Å². The molecule has 1 nitrogen and oxygen atoms in total. The zero-order valence-corrected chi connectivity index (χ0v) is 9.20. The van der Waals surface area contributed by atoms with Crippen LogP contribution in [-0.2, 0) is 10.4 Å². The second-order valence-electron chi connectivity index (χ2n) is 3.30. The van der Waals surface area contributed by atoms with E-state index >= 15 is 0 Å². The van der Waals surface area contributed by atoms with E-state index < -0.39 is 7.14 Å². The number of halogens is 2. The van der Waals surface area contributed by atoms with Crippen LogP contribution in [0.25, 0.3) is 0 Å². The lowest BCUT2D eigenvalue weighted by atomic mass is 10.2. The SMILES string of the molecule is CP(C)(=O)c1cc(F)cc(CCl)c1. The Morgan fingerprint density at radius 3 is 2.46 bits per heavy atom. The quantitative estimate of drug-likeness (QED) is 0.553. The molecule has 0 unspecified atom stereocenters. The summed E-state index contributed by atoms with van der Waals surface area (Å²) in [6.45, 7) is 3.22. The van der Waals surface area contributed by atoms with Gasteiger partial charge in [-0.25, -0.2) is 4.39 Å². The Kier molecular flexibility index (Phi) is 3.15. The van der Waals surface area contributed by atoms with Crippen LogP contribution >= 0.6 is 18.7 Å². The Bertz CT molecular complexity index is 359. The number of rotatable bonds is 2. The lowest BCUT2D eigenvalue weighted by Gasteiger charge is -2.08. The number of alkyl halides is 1. The standard InChI is InChI=1S/C9H11ClFOP/c1-13(2,12)9-4-7(6-10)3-8(11)5-9/h3-5H,6H2,1-2H3. The number of hydrogen-bond donors (Lipinski definition) is 0. The largest absolute Gasteiger partial charge is 0.319 e. The molecule has 0 saturated heterocycles. The molecule has 1 rings (SSSR count). The lowest BCUT2D eigenvalue weighted by Crippen LogP contribution is -2.05. The Balaban J connectivity index is 3.24. The van der Waals surface area contributed by atoms with Crippen LogP contribution < -0.4 is 5.30 Å². The van der Waals surface area contributed by atoms with E-state index in [1.54, 1.807) is 19.4 Å². The van der Waals surface area contributed by atoms with Crippen molar-refractivity contribution < 1.29 is 8.96 Å². The fourth-order valence-electron chi connectivity index (χ4n) is 1.02. The molecule has 72 valence electrons. The number of benzene rings is 1. The lowest BCUT2D eigenvalue weighted by molar-refractivity contribution is 0.587. The zero-order valence-electron chi connectivity index (χ0n) is 7.55. The molecular weight excluding hydrogens is 210 g/mol. The summed E-state index contributed by atoms with van der Waals surface area (Å²) in [6.07, 6.45) is 0. The summed E-state index contributed by atoms with van der Waals surface area (Å²) in [4.78, 5) is 0. The summed E-state index contributed by atoms with van der Waals surface area (Å²) >= 11 is 5.56. The van der Waals surface area contributed by atoms with Gasteiger partial charge < -0.3 is 4.57 Å². The summed E-state index contributed by atoms with van der Waals surface area (Å²) < 4.78 is 24.6. The van der Waals surface area contributed by atoms with E-state index in [1.165, 1.54) is 12.1 Å². The maximum Gasteiger partial charge on any atom is 0.124 e. The summed E-state index contributed by atoms with van der Waals surface area (Å²) in [7, 11) is -2.38. The van der Waals surface area contributed by atoms with Crippen LogP contribution in [-0.4, -0.2) is 13.3 Å². The Labute approximate surface area is 82.3 Å². The fraction of sp³-hybridized carbons (Fsp3) is 0.333. The Hall–Kier alpha value is -0.330. The van der Waals surface area contributed by atoms with Crippen LogP contribution in [0.3, 0.4) is 0 Å². The van der Waals surface area contributed by atoms with Crippen LogP contribution in [0, 0.1) is 5.82 Å². The first kappa shape index (κ1) is 10.7. The predicted octanol–water partition coefficient (Wildman–Crippen LogP) is 2.81. The van der Waals surface area contributed by atoms with Crippen molar-refractivity contribution in [2.24, 2.45) is 0 Å². The monoisotopic (exact) mass is 220 g/mol. The summed E-state index contributed by atoms with van der Waals surface area (Å²) in [5, 5.41) is 0.545. The van der Waals surface area contributed by atoms with Gasteiger partial charge in [-0.2, -0.15) is 0 Å². The number of hydrogen-bond acceptors (Lipinski definition) is 1. The van der Waals surface area contributed by atoms with Gasteiger partial charge in [0.05, 0.1) is 0 Å². The molecule has 0 amide bonds. The van der Waals surface area contributed by atoms with Crippen molar-refractivity contribution in [2.45, 2.75) is 5.88 Å². The highest BCUT2D eigenvalue weighted by molar-refractivity contribution is 7.70. The normalized spacial score (nSPS) is 11.7. The third-order valence-corrected chi connectivity index (χ3v) is 3.53. The van der Waals surface area contributed by atoms with E-state index in [2.05, 4.69) is 0 Å². The highest BCUT2D eigenvalue weighted by Gasteiger charge is 2.12. The Morgan fingerprint density at radius 1 is 1.38 bits per heavy atom. The summed E-state index contributed by atoms with van der Waals surface area (Å²) in [6, 6.07) is 4.35. The molecule has 1 aromatic rings. The van der Waals surface area contributed by atoms with E-state index in [-0.39, 0.29) is 11.7 Å². The van der Waals surface area contributed by atoms with Crippen molar-refractivity contribution in [3.63, 3.8) is 0 Å².